The maximum absolute atomic E-state index is 12.6. The van der Waals surface area contributed by atoms with E-state index in [2.05, 4.69) is 0 Å². The number of benzene rings is 1. The molecule has 1 saturated heterocycles. The highest BCUT2D eigenvalue weighted by Gasteiger charge is 2.50. The van der Waals surface area contributed by atoms with Crippen LogP contribution >= 0.6 is 0 Å². The van der Waals surface area contributed by atoms with Crippen LogP contribution in [-0.2, 0) is 37.1 Å². The number of esters is 1. The van der Waals surface area contributed by atoms with Gasteiger partial charge in [0.25, 0.3) is 5.69 Å². The molecule has 0 N–H and O–H groups in total. The average molecular weight is 416 g/mol. The van der Waals surface area contributed by atoms with E-state index in [0.29, 0.717) is 29.7 Å². The van der Waals surface area contributed by atoms with Gasteiger partial charge in [-0.2, -0.15) is 0 Å². The number of hydrogen-bond donors (Lipinski definition) is 0. The van der Waals surface area contributed by atoms with Gasteiger partial charge in [0.2, 0.25) is 11.8 Å². The third-order valence-electron chi connectivity index (χ3n) is 5.62. The van der Waals surface area contributed by atoms with Gasteiger partial charge in [-0.05, 0) is 19.8 Å². The molecule has 1 aromatic rings. The number of imide groups is 1. The van der Waals surface area contributed by atoms with Gasteiger partial charge in [-0.25, -0.2) is 4.79 Å². The molecule has 3 aliphatic rings. The molecule has 10 nitrogen and oxygen atoms in total. The zero-order valence-corrected chi connectivity index (χ0v) is 16.2. The number of fused-ring (bicyclic) bond motifs is 2. The molecule has 0 bridgehead atoms. The number of ether oxygens (including phenoxy) is 3. The molecule has 1 aliphatic carbocycles. The molecule has 0 radical (unpaired) electrons. The molecule has 30 heavy (non-hydrogen) atoms. The summed E-state index contributed by atoms with van der Waals surface area (Å²) in [4.78, 5) is 49.5. The smallest absolute Gasteiger partial charge is 0.329 e. The van der Waals surface area contributed by atoms with Crippen molar-refractivity contribution in [3.05, 3.63) is 45.5 Å². The lowest BCUT2D eigenvalue weighted by Crippen LogP contribution is -2.44. The summed E-state index contributed by atoms with van der Waals surface area (Å²) < 4.78 is 15.9. The highest BCUT2D eigenvalue weighted by Crippen LogP contribution is 2.37. The maximum atomic E-state index is 12.6. The van der Waals surface area contributed by atoms with E-state index >= 15 is 0 Å². The third kappa shape index (κ3) is 3.43. The summed E-state index contributed by atoms with van der Waals surface area (Å²) in [7, 11) is 0. The lowest BCUT2D eigenvalue weighted by Gasteiger charge is -2.23. The summed E-state index contributed by atoms with van der Waals surface area (Å²) in [6.45, 7) is 1.27. The molecule has 0 saturated carbocycles. The first-order valence-corrected chi connectivity index (χ1v) is 9.57. The Hall–Kier alpha value is -3.27. The van der Waals surface area contributed by atoms with E-state index in [1.165, 1.54) is 19.1 Å². The Labute approximate surface area is 171 Å². The standard InChI is InChI=1S/C20H20N2O8/c1-11(21-18(23)15-4-2-3-5-16(15)19(21)24)20(25)29-9-13-7-14(22(26)27)6-12-8-28-10-30-17(12)13/h2-3,6-7,11,15-16H,4-5,8-10H2,1H3/t11-,15+,16+/m0/s1. The Morgan fingerprint density at radius 1 is 1.27 bits per heavy atom. The number of carbonyl (C=O) groups excluding carboxylic acids is 3. The molecule has 2 heterocycles. The second-order valence-corrected chi connectivity index (χ2v) is 7.45. The summed E-state index contributed by atoms with van der Waals surface area (Å²) in [5, 5.41) is 11.2. The fourth-order valence-corrected chi connectivity index (χ4v) is 4.08. The molecule has 158 valence electrons. The van der Waals surface area contributed by atoms with Gasteiger partial charge in [0.05, 0.1) is 23.4 Å². The maximum Gasteiger partial charge on any atom is 0.329 e. The van der Waals surface area contributed by atoms with Crippen LogP contribution in [0.15, 0.2) is 24.3 Å². The summed E-state index contributed by atoms with van der Waals surface area (Å²) in [6, 6.07) is 1.53. The SMILES string of the molecule is C[C@@H](C(=O)OCc1cc([N+](=O)[O-])cc2c1OCOC2)N1C(=O)[C@@H]2CC=CC[C@H]2C1=O. The third-order valence-corrected chi connectivity index (χ3v) is 5.62. The number of rotatable bonds is 5. The number of nitrogens with zero attached hydrogens (tertiary/aromatic N) is 2. The van der Waals surface area contributed by atoms with Gasteiger partial charge >= 0.3 is 5.97 Å². The van der Waals surface area contributed by atoms with E-state index in [-0.39, 0.29) is 37.5 Å². The van der Waals surface area contributed by atoms with Crippen LogP contribution in [0.2, 0.25) is 0 Å². The highest BCUT2D eigenvalue weighted by atomic mass is 16.7. The normalized spacial score (nSPS) is 23.4. The van der Waals surface area contributed by atoms with E-state index in [4.69, 9.17) is 14.2 Å². The zero-order valence-electron chi connectivity index (χ0n) is 16.2. The lowest BCUT2D eigenvalue weighted by atomic mass is 9.85. The summed E-state index contributed by atoms with van der Waals surface area (Å²) in [6.07, 6.45) is 4.70. The predicted molar refractivity (Wildman–Crippen MR) is 99.8 cm³/mol. The Morgan fingerprint density at radius 3 is 2.57 bits per heavy atom. The number of amides is 2. The first-order chi connectivity index (χ1) is 14.4. The van der Waals surface area contributed by atoms with Crippen molar-refractivity contribution in [2.45, 2.75) is 39.0 Å². The second-order valence-electron chi connectivity index (χ2n) is 7.45. The predicted octanol–water partition coefficient (Wildman–Crippen LogP) is 1.84. The lowest BCUT2D eigenvalue weighted by molar-refractivity contribution is -0.385. The molecule has 10 heteroatoms. The monoisotopic (exact) mass is 416 g/mol. The molecule has 0 aromatic heterocycles. The van der Waals surface area contributed by atoms with Crippen LogP contribution < -0.4 is 4.74 Å². The van der Waals surface area contributed by atoms with Crippen molar-refractivity contribution in [1.82, 2.24) is 4.90 Å². The quantitative estimate of drug-likeness (QED) is 0.234. The van der Waals surface area contributed by atoms with Crippen LogP contribution in [-0.4, -0.2) is 40.4 Å². The van der Waals surface area contributed by atoms with Crippen LogP contribution in [0.1, 0.15) is 30.9 Å². The van der Waals surface area contributed by atoms with Gasteiger partial charge < -0.3 is 14.2 Å². The van der Waals surface area contributed by atoms with Crippen molar-refractivity contribution in [3.63, 3.8) is 0 Å². The first kappa shape index (κ1) is 20.0. The number of carbonyl (C=O) groups is 3. The van der Waals surface area contributed by atoms with E-state index in [0.717, 1.165) is 4.90 Å². The minimum absolute atomic E-state index is 0.0181. The van der Waals surface area contributed by atoms with Gasteiger partial charge in [0.15, 0.2) is 6.79 Å². The molecular formula is C20H20N2O8. The summed E-state index contributed by atoms with van der Waals surface area (Å²) in [5.74, 6) is -2.00. The molecule has 3 atom stereocenters. The summed E-state index contributed by atoms with van der Waals surface area (Å²) >= 11 is 0. The van der Waals surface area contributed by atoms with Crippen LogP contribution in [0.25, 0.3) is 0 Å². The Balaban J connectivity index is 1.49. The Morgan fingerprint density at radius 2 is 1.93 bits per heavy atom. The number of non-ortho nitro benzene ring substituents is 1. The van der Waals surface area contributed by atoms with Gasteiger partial charge in [-0.15, -0.1) is 0 Å². The van der Waals surface area contributed by atoms with Crippen LogP contribution in [0, 0.1) is 22.0 Å². The average Bonchev–Trinajstić information content (AvgIpc) is 3.01. The fourth-order valence-electron chi connectivity index (χ4n) is 4.08. The van der Waals surface area contributed by atoms with Gasteiger partial charge in [-0.3, -0.25) is 24.6 Å². The molecule has 1 fully saturated rings. The number of nitro groups is 1. The van der Waals surface area contributed by atoms with Gasteiger partial charge in [0, 0.05) is 23.3 Å². The van der Waals surface area contributed by atoms with Gasteiger partial charge in [-0.1, -0.05) is 12.2 Å². The topological polar surface area (TPSA) is 125 Å². The van der Waals surface area contributed by atoms with Crippen molar-refractivity contribution in [1.29, 1.82) is 0 Å². The zero-order chi connectivity index (χ0) is 21.4. The molecule has 0 unspecified atom stereocenters. The molecule has 1 aromatic carbocycles. The highest BCUT2D eigenvalue weighted by molar-refractivity contribution is 6.08. The molecule has 0 spiro atoms. The van der Waals surface area contributed by atoms with E-state index in [1.807, 2.05) is 12.2 Å². The molecular weight excluding hydrogens is 396 g/mol. The number of hydrogen-bond acceptors (Lipinski definition) is 8. The van der Waals surface area contributed by atoms with Crippen molar-refractivity contribution >= 4 is 23.5 Å². The van der Waals surface area contributed by atoms with E-state index < -0.39 is 28.8 Å². The van der Waals surface area contributed by atoms with Crippen LogP contribution in [0.4, 0.5) is 5.69 Å². The van der Waals surface area contributed by atoms with Crippen LogP contribution in [0.5, 0.6) is 5.75 Å². The van der Waals surface area contributed by atoms with Crippen molar-refractivity contribution in [3.8, 4) is 5.75 Å². The summed E-state index contributed by atoms with van der Waals surface area (Å²) in [5.41, 5.74) is 0.624. The fraction of sp³-hybridized carbons (Fsp3) is 0.450. The first-order valence-electron chi connectivity index (χ1n) is 9.57. The van der Waals surface area contributed by atoms with Crippen molar-refractivity contribution in [2.24, 2.45) is 11.8 Å². The van der Waals surface area contributed by atoms with Crippen molar-refractivity contribution in [2.75, 3.05) is 6.79 Å². The minimum Gasteiger partial charge on any atom is -0.467 e. The largest absolute Gasteiger partial charge is 0.467 e. The van der Waals surface area contributed by atoms with E-state index in [9.17, 15) is 24.5 Å². The van der Waals surface area contributed by atoms with Crippen molar-refractivity contribution < 1.29 is 33.5 Å². The van der Waals surface area contributed by atoms with Gasteiger partial charge in [0.1, 0.15) is 18.4 Å². The number of allylic oxidation sites excluding steroid dienone is 2. The number of nitro benzene ring substituents is 1. The van der Waals surface area contributed by atoms with Crippen LogP contribution in [0.3, 0.4) is 0 Å². The second kappa shape index (κ2) is 7.86. The minimum atomic E-state index is -1.09. The number of likely N-dealkylation sites (tertiary alicyclic amines) is 1. The Kier molecular flexibility index (Phi) is 5.25. The Bertz CT molecular complexity index is 930. The molecule has 4 rings (SSSR count). The van der Waals surface area contributed by atoms with E-state index in [1.54, 1.807) is 0 Å². The molecule has 2 aliphatic heterocycles. The molecule has 2 amide bonds.